The lowest BCUT2D eigenvalue weighted by Crippen LogP contribution is -2.82. The van der Waals surface area contributed by atoms with Crippen LogP contribution in [0.15, 0.2) is 113 Å². The summed E-state index contributed by atoms with van der Waals surface area (Å²) in [5.74, 6) is -18.9. The lowest BCUT2D eigenvalue weighted by molar-refractivity contribution is -0.204. The molecule has 49 heteroatoms. The van der Waals surface area contributed by atoms with Crippen molar-refractivity contribution in [1.82, 2.24) is 82.8 Å². The van der Waals surface area contributed by atoms with Crippen LogP contribution in [0.5, 0.6) is 5.75 Å². The minimum Gasteiger partial charge on any atom is -0.496 e. The van der Waals surface area contributed by atoms with Gasteiger partial charge in [0, 0.05) is 119 Å². The number of para-hydroxylation sites is 1. The molecule has 1 spiro atoms. The number of aliphatic hydroxyl groups is 3. The van der Waals surface area contributed by atoms with Crippen molar-refractivity contribution in [3.8, 4) is 5.75 Å². The fourth-order valence-electron chi connectivity index (χ4n) is 20.5. The van der Waals surface area contributed by atoms with E-state index in [1.54, 1.807) is 36.2 Å². The molecule has 25 N–H and O–H groups in total. The van der Waals surface area contributed by atoms with Gasteiger partial charge in [0.1, 0.15) is 60.1 Å². The van der Waals surface area contributed by atoms with E-state index in [9.17, 15) is 103 Å². The van der Waals surface area contributed by atoms with Crippen molar-refractivity contribution in [1.29, 1.82) is 5.41 Å². The third-order valence-corrected chi connectivity index (χ3v) is 29.2. The van der Waals surface area contributed by atoms with E-state index in [2.05, 4.69) is 82.8 Å². The molecule has 1 unspecified atom stereocenters. The van der Waals surface area contributed by atoms with Gasteiger partial charge in [-0.05, 0) is 135 Å². The summed E-state index contributed by atoms with van der Waals surface area (Å²) in [6, 6.07) is 9.87. The number of hydrogen-bond acceptors (Lipinski definition) is 32. The summed E-state index contributed by atoms with van der Waals surface area (Å²) in [5.41, 5.74) is 12.3. The van der Waals surface area contributed by atoms with E-state index in [1.165, 1.54) is 44.7 Å². The Kier molecular flexibility index (Phi) is 32.0. The number of guanidine groups is 1. The first-order valence-electron chi connectivity index (χ1n) is 45.0. The Morgan fingerprint density at radius 1 is 0.721 bits per heavy atom. The molecule has 2 bridgehead atoms. The number of carboxylic acid groups (broad SMARTS) is 5. The summed E-state index contributed by atoms with van der Waals surface area (Å²) in [6.45, 7) is 5.93. The average molecular weight is 1980 g/mol. The summed E-state index contributed by atoms with van der Waals surface area (Å²) in [7, 11) is 6.48. The number of aliphatic carboxylic acids is 5. The fourth-order valence-corrected chi connectivity index (χ4v) is 22.6. The maximum Gasteiger partial charge on any atom is 0.426 e. The lowest BCUT2D eigenvalue weighted by atomic mass is 9.47. The molecule has 5 aliphatic heterocycles. The number of nitrogens with two attached hydrogens (primary N) is 2. The summed E-state index contributed by atoms with van der Waals surface area (Å²) in [4.78, 5) is 227. The highest BCUT2D eigenvalue weighted by Crippen LogP contribution is 2.68. The minimum atomic E-state index is -2.72. The Bertz CT molecular complexity index is 6070. The number of ether oxygens (including phenoxy) is 3. The molecule has 47 nitrogen and oxygen atoms in total. The number of aromatic nitrogens is 5. The molecule has 3 aromatic heterocycles. The Morgan fingerprint density at radius 3 is 2.01 bits per heavy atom. The molecule has 7 aromatic rings. The van der Waals surface area contributed by atoms with Crippen molar-refractivity contribution in [2.45, 2.75) is 192 Å². The molecule has 140 heavy (non-hydrogen) atoms. The highest BCUT2D eigenvalue weighted by Gasteiger charge is 2.79. The van der Waals surface area contributed by atoms with Gasteiger partial charge in [0.2, 0.25) is 35.5 Å². The van der Waals surface area contributed by atoms with Crippen LogP contribution in [-0.4, -0.2) is 297 Å². The van der Waals surface area contributed by atoms with E-state index in [0.29, 0.717) is 109 Å². The summed E-state index contributed by atoms with van der Waals surface area (Å²) >= 11 is 0. The second-order valence-electron chi connectivity index (χ2n) is 35.6. The molecule has 1 saturated carbocycles. The van der Waals surface area contributed by atoms with Crippen LogP contribution >= 0.6 is 21.6 Å². The van der Waals surface area contributed by atoms with Crippen molar-refractivity contribution in [2.24, 2.45) is 17.1 Å². The van der Waals surface area contributed by atoms with Gasteiger partial charge in [-0.25, -0.2) is 29.8 Å². The number of carboxylic acids is 5. The second kappa shape index (κ2) is 43.4. The molecule has 8 amide bonds. The number of benzene rings is 4. The number of carbonyl (C=O) groups excluding carboxylic acids is 9. The van der Waals surface area contributed by atoms with Crippen LogP contribution in [0.4, 0.5) is 22.1 Å². The van der Waals surface area contributed by atoms with Crippen LogP contribution in [0.3, 0.4) is 0 Å². The molecular weight excluding hydrogens is 1870 g/mol. The zero-order valence-electron chi connectivity index (χ0n) is 76.7. The van der Waals surface area contributed by atoms with Crippen LogP contribution < -0.4 is 80.0 Å². The monoisotopic (exact) mass is 1980 g/mol. The number of nitrogens with zero attached hydrogens (tertiary/aromatic N) is 6. The van der Waals surface area contributed by atoms with Gasteiger partial charge >= 0.3 is 41.9 Å². The lowest BCUT2D eigenvalue weighted by Gasteiger charge is -2.63. The normalized spacial score (nSPS) is 23.2. The minimum absolute atomic E-state index is 0.0236. The molecule has 3 fully saturated rings. The highest BCUT2D eigenvalue weighted by molar-refractivity contribution is 8.76. The maximum atomic E-state index is 15.7. The number of piperidine rings is 1. The van der Waals surface area contributed by atoms with Crippen molar-refractivity contribution < 1.29 is 122 Å². The van der Waals surface area contributed by atoms with E-state index in [-0.39, 0.29) is 60.9 Å². The van der Waals surface area contributed by atoms with Gasteiger partial charge in [0.25, 0.3) is 17.4 Å². The predicted octanol–water partition coefficient (Wildman–Crippen LogP) is 0.0252. The number of carbonyl (C=O) groups is 14. The first-order chi connectivity index (χ1) is 66.6. The number of H-pyrrole nitrogens is 2. The van der Waals surface area contributed by atoms with Gasteiger partial charge < -0.3 is 119 Å². The van der Waals surface area contributed by atoms with Crippen LogP contribution in [0, 0.1) is 16.7 Å². The number of hydrazine groups is 1. The molecule has 4 aromatic carbocycles. The number of fused-ring (bicyclic) bond motifs is 7. The number of likely N-dealkylation sites (N-methyl/N-ethyl adjacent to an activating group) is 1. The average Bonchev–Trinajstić information content (AvgIpc) is 1.47. The fraction of sp³-hybridized carbons (Fsp3) is 0.462. The number of nitrogen functional groups attached to an aromatic ring is 1. The molecule has 13 rings (SSSR count). The summed E-state index contributed by atoms with van der Waals surface area (Å²) < 4.78 is 18.0. The number of aliphatic hydroxyl groups excluding tert-OH is 1. The van der Waals surface area contributed by atoms with Gasteiger partial charge in [0.05, 0.1) is 63.6 Å². The SMILES string of the molecule is CC[C@]1(O)C[C@H]2CN(CCc3c([nH]c4ccccc34)[C@@](C(=O)OC)(c3cc4c(cc3OC)N(C)[C@H]3[C@@](O)(C(=O)NNC(=O)OCc5ccc(SSC[C@H](NC(=O)[C@H](CC(=O)O)NC(=O)[C@H](CC(=O)O)NC(=O)[C@H](CCCNC(=N)N)NC(=O)[C@H](CC(=O)O)NC(=O)CC[C@H](NC(=O)c6ccc(NCc7cnc8nc(N)[nH]c(=O)c8n7)cc6)C(=O)O)C(=O)O)cc5)[C@H](O)[C@]5(CC)C=CCN6CC[C@]43[C@@H]65)C2)C1. The summed E-state index contributed by atoms with van der Waals surface area (Å²) in [6.07, 6.45) is -1.34. The standard InChI is InChI=1S/C91H111N21O26S2/c1-6-87(134)37-46-38-90(83(132)137-5,69-52(25-30-111(41-46)44-87)51-12-8-9-13-55(51)100-69)54-32-53-62(36-63(54)136-4)110(3)80-89(53)27-31-112-29-11-26-88(7-2,79(89)112)81(130)91(80,135)82(131)108-109-86(133)138-42-45-15-21-50(22-16-45)140-139-43-61(78(128)129)105-75(124)60(35-67(118)119)104-74(123)59(34-66(116)117)103-72(121)56(14-10-28-95-84(92)93)101-73(122)58(33-65(114)115)99-64(113)24-23-57(77(126)127)102-71(120)47-17-19-48(20-18-47)96-39-49-40-97-70-68(98-49)76(125)107-85(94)106-70/h8-9,11-13,15-22,26,32,36,40,46,56-61,79-81,96,100,130,134-135H,6-7,10,14,23-25,27-31,33-35,37-39,41-44H2,1-5H3,(H,99,113)(H,101,122)(H,102,120)(H,103,121)(H,104,123)(H,105,124)(H,108,131)(H,109,133)(H,114,115)(H,116,117)(H,118,119)(H,126,127)(H,128,129)(H4,92,93,95)(H3,94,97,106,107,125)/t46-,56+,57+,58+,59+,60+,61+,79+,80-,81-,87+,88-,89-,90+,91+/m1/s1. The smallest absolute Gasteiger partial charge is 0.426 e. The summed E-state index contributed by atoms with van der Waals surface area (Å²) in [5, 5.41) is 116. The van der Waals surface area contributed by atoms with Gasteiger partial charge in [-0.15, -0.1) is 0 Å². The number of aromatic amines is 2. The number of rotatable bonds is 41. The van der Waals surface area contributed by atoms with Gasteiger partial charge in [-0.2, -0.15) is 4.98 Å². The Balaban J connectivity index is 0.617. The Hall–Kier alpha value is -14.3. The maximum absolute atomic E-state index is 15.7. The molecule has 6 aliphatic rings. The molecule has 16 atom stereocenters. The number of anilines is 3. The van der Waals surface area contributed by atoms with Gasteiger partial charge in [-0.3, -0.25) is 83.2 Å². The van der Waals surface area contributed by atoms with E-state index in [1.807, 2.05) is 67.7 Å². The van der Waals surface area contributed by atoms with Crippen molar-refractivity contribution >= 4 is 150 Å². The first kappa shape index (κ1) is 103. The molecule has 8 heterocycles. The predicted molar refractivity (Wildman–Crippen MR) is 503 cm³/mol. The number of esters is 1. The molecule has 1 aliphatic carbocycles. The van der Waals surface area contributed by atoms with E-state index >= 15 is 9.59 Å². The second-order valence-corrected chi connectivity index (χ2v) is 38.0. The first-order valence-corrected chi connectivity index (χ1v) is 47.3. The van der Waals surface area contributed by atoms with E-state index < -0.39 is 228 Å². The van der Waals surface area contributed by atoms with Crippen molar-refractivity contribution in [2.75, 3.05) is 82.2 Å². The van der Waals surface area contributed by atoms with Gasteiger partial charge in [0.15, 0.2) is 22.7 Å². The number of amides is 8. The third kappa shape index (κ3) is 21.9. The van der Waals surface area contributed by atoms with Crippen LogP contribution in [0.25, 0.3) is 22.1 Å². The number of nitrogens with one attached hydrogen (secondary N) is 13. The molecule has 0 radical (unpaired) electrons. The molecule has 2 saturated heterocycles. The number of hydrogen-bond donors (Lipinski definition) is 23. The Labute approximate surface area is 806 Å². The highest BCUT2D eigenvalue weighted by atomic mass is 33.1. The van der Waals surface area contributed by atoms with Crippen LogP contribution in [0.1, 0.15) is 135 Å². The zero-order valence-corrected chi connectivity index (χ0v) is 78.4. The quantitative estimate of drug-likeness (QED) is 0.00457. The molecular formula is C91H111N21O26S2. The molecule has 748 valence electrons. The topological polar surface area (TPSA) is 722 Å². The largest absolute Gasteiger partial charge is 0.496 e. The Morgan fingerprint density at radius 2 is 1.37 bits per heavy atom. The number of methoxy groups -OCH3 is 2. The van der Waals surface area contributed by atoms with Crippen LogP contribution in [-0.2, 0) is 97.4 Å². The van der Waals surface area contributed by atoms with Gasteiger partial charge in [-0.1, -0.05) is 77.9 Å². The van der Waals surface area contributed by atoms with E-state index in [0.717, 1.165) is 38.1 Å². The third-order valence-electron chi connectivity index (χ3n) is 26.8. The van der Waals surface area contributed by atoms with Crippen molar-refractivity contribution in [3.63, 3.8) is 0 Å². The van der Waals surface area contributed by atoms with Crippen molar-refractivity contribution in [3.05, 3.63) is 153 Å². The zero-order chi connectivity index (χ0) is 101. The van der Waals surface area contributed by atoms with Crippen LogP contribution in [0.2, 0.25) is 0 Å². The van der Waals surface area contributed by atoms with E-state index in [4.69, 9.17) is 31.1 Å².